The van der Waals surface area contributed by atoms with Crippen LogP contribution < -0.4 is 19.7 Å². The van der Waals surface area contributed by atoms with Crippen molar-refractivity contribution in [3.8, 4) is 11.5 Å². The number of likely N-dealkylation sites (N-methyl/N-ethyl adjacent to an activating group) is 1. The van der Waals surface area contributed by atoms with Crippen molar-refractivity contribution in [2.24, 2.45) is 0 Å². The molecule has 0 spiro atoms. The van der Waals surface area contributed by atoms with Crippen molar-refractivity contribution in [3.05, 3.63) is 54.1 Å². The summed E-state index contributed by atoms with van der Waals surface area (Å²) in [5, 5.41) is 2.90. The summed E-state index contributed by atoms with van der Waals surface area (Å²) < 4.78 is 10.9. The van der Waals surface area contributed by atoms with Crippen LogP contribution in [0.5, 0.6) is 11.5 Å². The van der Waals surface area contributed by atoms with Crippen molar-refractivity contribution in [2.75, 3.05) is 57.2 Å². The van der Waals surface area contributed by atoms with Crippen LogP contribution in [0, 0.1) is 0 Å². The predicted molar refractivity (Wildman–Crippen MR) is 118 cm³/mol. The summed E-state index contributed by atoms with van der Waals surface area (Å²) in [4.78, 5) is 17.0. The number of hydrogen-bond donors (Lipinski definition) is 1. The monoisotopic (exact) mass is 395 g/mol. The Kier molecular flexibility index (Phi) is 7.14. The van der Waals surface area contributed by atoms with Gasteiger partial charge < -0.3 is 24.6 Å². The number of ether oxygens (including phenoxy) is 2. The molecular formula is C23H29N3O3. The zero-order chi connectivity index (χ0) is 20.6. The second-order valence-electron chi connectivity index (χ2n) is 7.00. The van der Waals surface area contributed by atoms with Gasteiger partial charge in [0.25, 0.3) is 0 Å². The maximum absolute atomic E-state index is 12.3. The predicted octanol–water partition coefficient (Wildman–Crippen LogP) is 3.50. The zero-order valence-corrected chi connectivity index (χ0v) is 17.4. The molecule has 0 bridgehead atoms. The molecule has 1 aliphatic rings. The summed E-state index contributed by atoms with van der Waals surface area (Å²) in [5.74, 6) is 1.16. The van der Waals surface area contributed by atoms with Crippen molar-refractivity contribution in [1.82, 2.24) is 4.90 Å². The number of hydrogen-bond acceptors (Lipinski definition) is 5. The van der Waals surface area contributed by atoms with Crippen LogP contribution in [0.4, 0.5) is 11.4 Å². The highest BCUT2D eigenvalue weighted by Gasteiger charge is 2.14. The molecule has 1 saturated heterocycles. The van der Waals surface area contributed by atoms with E-state index in [9.17, 15) is 4.79 Å². The molecule has 1 amide bonds. The molecule has 0 radical (unpaired) electrons. The standard InChI is InChI=1S/C23H29N3O3/c1-4-29-22-17-18(5-11-21(22)28-3)6-12-23(27)24-19-7-9-20(10-8-19)26-15-13-25(2)14-16-26/h5-12,17H,4,13-16H2,1-3H3,(H,24,27)/b12-6+. The number of nitrogens with one attached hydrogen (secondary N) is 1. The summed E-state index contributed by atoms with van der Waals surface area (Å²) in [6.45, 7) is 6.66. The van der Waals surface area contributed by atoms with Gasteiger partial charge in [-0.2, -0.15) is 0 Å². The van der Waals surface area contributed by atoms with E-state index in [0.717, 1.165) is 37.4 Å². The average Bonchev–Trinajstić information content (AvgIpc) is 2.74. The Morgan fingerprint density at radius 2 is 1.79 bits per heavy atom. The summed E-state index contributed by atoms with van der Waals surface area (Å²) >= 11 is 0. The number of amides is 1. The Morgan fingerprint density at radius 3 is 2.45 bits per heavy atom. The SMILES string of the molecule is CCOc1cc(/C=C/C(=O)Nc2ccc(N3CCN(C)CC3)cc2)ccc1OC. The lowest BCUT2D eigenvalue weighted by Crippen LogP contribution is -2.44. The molecule has 29 heavy (non-hydrogen) atoms. The van der Waals surface area contributed by atoms with E-state index >= 15 is 0 Å². The van der Waals surface area contributed by atoms with E-state index in [1.165, 1.54) is 11.8 Å². The van der Waals surface area contributed by atoms with E-state index < -0.39 is 0 Å². The third kappa shape index (κ3) is 5.74. The van der Waals surface area contributed by atoms with Gasteiger partial charge in [0.1, 0.15) is 0 Å². The Bertz CT molecular complexity index is 841. The molecule has 1 fully saturated rings. The van der Waals surface area contributed by atoms with Crippen molar-refractivity contribution in [1.29, 1.82) is 0 Å². The Morgan fingerprint density at radius 1 is 1.07 bits per heavy atom. The first-order valence-corrected chi connectivity index (χ1v) is 9.92. The fraction of sp³-hybridized carbons (Fsp3) is 0.348. The van der Waals surface area contributed by atoms with Crippen molar-refractivity contribution in [2.45, 2.75) is 6.92 Å². The largest absolute Gasteiger partial charge is 0.493 e. The number of benzene rings is 2. The van der Waals surface area contributed by atoms with Crippen LogP contribution in [-0.4, -0.2) is 57.8 Å². The highest BCUT2D eigenvalue weighted by atomic mass is 16.5. The number of rotatable bonds is 7. The minimum absolute atomic E-state index is 0.175. The number of nitrogens with zero attached hydrogens (tertiary/aromatic N) is 2. The number of carbonyl (C=O) groups excluding carboxylic acids is 1. The van der Waals surface area contributed by atoms with Crippen LogP contribution in [0.2, 0.25) is 0 Å². The lowest BCUT2D eigenvalue weighted by molar-refractivity contribution is -0.111. The van der Waals surface area contributed by atoms with E-state index in [4.69, 9.17) is 9.47 Å². The van der Waals surface area contributed by atoms with Crippen molar-refractivity contribution >= 4 is 23.4 Å². The summed E-state index contributed by atoms with van der Waals surface area (Å²) in [6.07, 6.45) is 3.28. The molecule has 1 heterocycles. The van der Waals surface area contributed by atoms with Crippen LogP contribution in [0.25, 0.3) is 6.08 Å². The minimum Gasteiger partial charge on any atom is -0.493 e. The van der Waals surface area contributed by atoms with Crippen LogP contribution in [0.3, 0.4) is 0 Å². The van der Waals surface area contributed by atoms with E-state index in [0.29, 0.717) is 18.1 Å². The molecule has 154 valence electrons. The maximum Gasteiger partial charge on any atom is 0.248 e. The summed E-state index contributed by atoms with van der Waals surface area (Å²) in [6, 6.07) is 13.6. The van der Waals surface area contributed by atoms with Crippen LogP contribution in [-0.2, 0) is 4.79 Å². The number of anilines is 2. The van der Waals surface area contributed by atoms with Gasteiger partial charge in [-0.3, -0.25) is 4.79 Å². The van der Waals surface area contributed by atoms with Gasteiger partial charge in [-0.05, 0) is 62.0 Å². The second-order valence-corrected chi connectivity index (χ2v) is 7.00. The fourth-order valence-electron chi connectivity index (χ4n) is 3.24. The smallest absolute Gasteiger partial charge is 0.248 e. The molecule has 0 atom stereocenters. The van der Waals surface area contributed by atoms with Gasteiger partial charge >= 0.3 is 0 Å². The van der Waals surface area contributed by atoms with E-state index in [-0.39, 0.29) is 5.91 Å². The zero-order valence-electron chi connectivity index (χ0n) is 17.4. The van der Waals surface area contributed by atoms with Crippen LogP contribution >= 0.6 is 0 Å². The lowest BCUT2D eigenvalue weighted by Gasteiger charge is -2.34. The quantitative estimate of drug-likeness (QED) is 0.728. The molecule has 6 heteroatoms. The topological polar surface area (TPSA) is 54.0 Å². The summed E-state index contributed by atoms with van der Waals surface area (Å²) in [7, 11) is 3.75. The second kappa shape index (κ2) is 9.98. The van der Waals surface area contributed by atoms with Gasteiger partial charge in [-0.1, -0.05) is 6.07 Å². The number of methoxy groups -OCH3 is 1. The molecule has 0 aromatic heterocycles. The molecule has 0 saturated carbocycles. The minimum atomic E-state index is -0.175. The Balaban J connectivity index is 1.58. The highest BCUT2D eigenvalue weighted by Crippen LogP contribution is 2.28. The third-order valence-corrected chi connectivity index (χ3v) is 4.92. The van der Waals surface area contributed by atoms with E-state index in [1.54, 1.807) is 13.2 Å². The normalized spacial score (nSPS) is 14.8. The summed E-state index contributed by atoms with van der Waals surface area (Å²) in [5.41, 5.74) is 2.84. The molecule has 2 aromatic rings. The van der Waals surface area contributed by atoms with Crippen LogP contribution in [0.1, 0.15) is 12.5 Å². The lowest BCUT2D eigenvalue weighted by atomic mass is 10.2. The molecule has 6 nitrogen and oxygen atoms in total. The van der Waals surface area contributed by atoms with Crippen molar-refractivity contribution < 1.29 is 14.3 Å². The van der Waals surface area contributed by atoms with Gasteiger partial charge in [0, 0.05) is 43.6 Å². The molecule has 3 rings (SSSR count). The van der Waals surface area contributed by atoms with Gasteiger partial charge in [-0.15, -0.1) is 0 Å². The first-order valence-electron chi connectivity index (χ1n) is 9.92. The van der Waals surface area contributed by atoms with Gasteiger partial charge in [0.05, 0.1) is 13.7 Å². The fourth-order valence-corrected chi connectivity index (χ4v) is 3.24. The molecule has 0 aliphatic carbocycles. The first kappa shape index (κ1) is 20.7. The Labute approximate surface area is 172 Å². The van der Waals surface area contributed by atoms with Gasteiger partial charge in [0.15, 0.2) is 11.5 Å². The van der Waals surface area contributed by atoms with E-state index in [2.05, 4.69) is 34.3 Å². The molecular weight excluding hydrogens is 366 g/mol. The van der Waals surface area contributed by atoms with Gasteiger partial charge in [0.2, 0.25) is 5.91 Å². The molecule has 1 N–H and O–H groups in total. The Hall–Kier alpha value is -2.99. The van der Waals surface area contributed by atoms with Crippen molar-refractivity contribution in [3.63, 3.8) is 0 Å². The molecule has 0 unspecified atom stereocenters. The molecule has 2 aromatic carbocycles. The van der Waals surface area contributed by atoms with E-state index in [1.807, 2.05) is 37.3 Å². The molecule has 1 aliphatic heterocycles. The average molecular weight is 396 g/mol. The highest BCUT2D eigenvalue weighted by molar-refractivity contribution is 6.02. The number of piperazine rings is 1. The maximum atomic E-state index is 12.3. The van der Waals surface area contributed by atoms with Gasteiger partial charge in [-0.25, -0.2) is 0 Å². The first-order chi connectivity index (χ1) is 14.1. The number of carbonyl (C=O) groups is 1. The third-order valence-electron chi connectivity index (χ3n) is 4.92. The van der Waals surface area contributed by atoms with Crippen LogP contribution in [0.15, 0.2) is 48.5 Å².